The largest absolute Gasteiger partial charge is 0.465 e. The van der Waals surface area contributed by atoms with Crippen LogP contribution in [-0.2, 0) is 23.9 Å². The van der Waals surface area contributed by atoms with Gasteiger partial charge >= 0.3 is 5.97 Å². The topological polar surface area (TPSA) is 96.4 Å². The van der Waals surface area contributed by atoms with Crippen LogP contribution in [0.4, 0.5) is 5.69 Å². The second kappa shape index (κ2) is 9.08. The molecule has 1 N–H and O–H groups in total. The lowest BCUT2D eigenvalue weighted by molar-refractivity contribution is -0.157. The number of esters is 1. The van der Waals surface area contributed by atoms with E-state index in [2.05, 4.69) is 0 Å². The SMILES string of the molecule is C[C@]12C(=O)N(CCCO)[C@@H]3C(=O)N(c4ccc(Cl)cc4)CC=CC31O[C@@H]1/C=C\CCCOC(=O)C12. The van der Waals surface area contributed by atoms with Crippen molar-refractivity contribution in [3.8, 4) is 0 Å². The Kier molecular flexibility index (Phi) is 6.23. The van der Waals surface area contributed by atoms with E-state index < -0.39 is 35.0 Å². The molecule has 1 spiro atoms. The molecule has 2 fully saturated rings. The number of ether oxygens (including phenoxy) is 2. The van der Waals surface area contributed by atoms with Crippen molar-refractivity contribution in [1.29, 1.82) is 0 Å². The van der Waals surface area contributed by atoms with Gasteiger partial charge in [0.2, 0.25) is 5.91 Å². The number of hydrogen-bond donors (Lipinski definition) is 1. The van der Waals surface area contributed by atoms with Crippen molar-refractivity contribution in [2.75, 3.05) is 31.2 Å². The van der Waals surface area contributed by atoms with Crippen molar-refractivity contribution in [1.82, 2.24) is 4.90 Å². The Morgan fingerprint density at radius 1 is 1.17 bits per heavy atom. The van der Waals surface area contributed by atoms with Gasteiger partial charge in [0, 0.05) is 30.4 Å². The number of amides is 2. The lowest BCUT2D eigenvalue weighted by Gasteiger charge is -2.37. The van der Waals surface area contributed by atoms with Gasteiger partial charge in [-0.15, -0.1) is 0 Å². The highest BCUT2D eigenvalue weighted by atomic mass is 35.5. The second-order valence-electron chi connectivity index (χ2n) is 9.60. The highest BCUT2D eigenvalue weighted by Crippen LogP contribution is 2.61. The number of hydrogen-bond acceptors (Lipinski definition) is 6. The predicted octanol–water partition coefficient (Wildman–Crippen LogP) is 2.49. The van der Waals surface area contributed by atoms with Gasteiger partial charge in [-0.05, 0) is 50.5 Å². The molecule has 35 heavy (non-hydrogen) atoms. The van der Waals surface area contributed by atoms with Gasteiger partial charge < -0.3 is 24.4 Å². The standard InChI is InChI=1S/C26H29ClN2O6/c1-25-20-19(7-3-2-4-16-34-23(20)32)35-26(25)12-5-13-28(18-10-8-17(27)9-11-18)22(31)21(26)29(24(25)33)14-6-15-30/h3,5,7-12,19-21,30H,2,4,6,13-16H2,1H3/b7-3-/t19-,20?,21-,25+,26?/m1/s1. The maximum atomic E-state index is 14.2. The van der Waals surface area contributed by atoms with Crippen molar-refractivity contribution in [3.63, 3.8) is 0 Å². The molecule has 2 unspecified atom stereocenters. The van der Waals surface area contributed by atoms with E-state index in [1.165, 1.54) is 4.90 Å². The summed E-state index contributed by atoms with van der Waals surface area (Å²) in [5, 5.41) is 10.1. The lowest BCUT2D eigenvalue weighted by Crippen LogP contribution is -2.56. The maximum absolute atomic E-state index is 14.2. The Balaban J connectivity index is 1.64. The number of benzene rings is 1. The van der Waals surface area contributed by atoms with Crippen molar-refractivity contribution < 1.29 is 29.0 Å². The molecule has 0 aromatic heterocycles. The number of anilines is 1. The van der Waals surface area contributed by atoms with Gasteiger partial charge in [-0.2, -0.15) is 0 Å². The Bertz CT molecular complexity index is 1090. The quantitative estimate of drug-likeness (QED) is 0.504. The number of aliphatic hydroxyl groups excluding tert-OH is 1. The first-order valence-corrected chi connectivity index (χ1v) is 12.4. The second-order valence-corrected chi connectivity index (χ2v) is 10.0. The van der Waals surface area contributed by atoms with Crippen LogP contribution in [0.15, 0.2) is 48.6 Å². The molecule has 0 bridgehead atoms. The fourth-order valence-electron chi connectivity index (χ4n) is 6.01. The molecular weight excluding hydrogens is 472 g/mol. The highest BCUT2D eigenvalue weighted by molar-refractivity contribution is 6.30. The molecule has 0 aliphatic carbocycles. The first kappa shape index (κ1) is 24.0. The lowest BCUT2D eigenvalue weighted by atomic mass is 9.65. The number of halogens is 1. The van der Waals surface area contributed by atoms with Gasteiger partial charge in [0.1, 0.15) is 17.6 Å². The number of allylic oxidation sites excluding steroid dienone is 1. The van der Waals surface area contributed by atoms with Gasteiger partial charge in [0.15, 0.2) is 0 Å². The van der Waals surface area contributed by atoms with E-state index in [4.69, 9.17) is 21.1 Å². The van der Waals surface area contributed by atoms with Gasteiger partial charge in [0.05, 0.1) is 18.1 Å². The Hall–Kier alpha value is -2.68. The Labute approximate surface area is 209 Å². The van der Waals surface area contributed by atoms with Crippen molar-refractivity contribution in [2.24, 2.45) is 11.3 Å². The number of likely N-dealkylation sites (tertiary alicyclic amines) is 1. The number of rotatable bonds is 4. The minimum Gasteiger partial charge on any atom is -0.465 e. The minimum absolute atomic E-state index is 0.136. The van der Waals surface area contributed by atoms with Gasteiger partial charge in [-0.3, -0.25) is 14.4 Å². The van der Waals surface area contributed by atoms with Crippen LogP contribution in [0.2, 0.25) is 5.02 Å². The van der Waals surface area contributed by atoms with E-state index >= 15 is 0 Å². The summed E-state index contributed by atoms with van der Waals surface area (Å²) in [7, 11) is 0. The van der Waals surface area contributed by atoms with Crippen LogP contribution in [0.1, 0.15) is 26.2 Å². The molecule has 5 rings (SSSR count). The molecule has 186 valence electrons. The molecule has 0 saturated carbocycles. The summed E-state index contributed by atoms with van der Waals surface area (Å²) in [6.07, 6.45) is 8.42. The molecule has 4 heterocycles. The normalized spacial score (nSPS) is 35.4. The maximum Gasteiger partial charge on any atom is 0.313 e. The molecule has 4 aliphatic heterocycles. The molecule has 9 heteroatoms. The first-order chi connectivity index (χ1) is 16.8. The van der Waals surface area contributed by atoms with E-state index in [1.807, 2.05) is 18.2 Å². The summed E-state index contributed by atoms with van der Waals surface area (Å²) >= 11 is 6.06. The van der Waals surface area contributed by atoms with Crippen LogP contribution in [0.25, 0.3) is 0 Å². The van der Waals surface area contributed by atoms with Crippen LogP contribution in [0, 0.1) is 11.3 Å². The van der Waals surface area contributed by atoms with E-state index in [0.717, 1.165) is 6.42 Å². The van der Waals surface area contributed by atoms with Crippen molar-refractivity contribution >= 4 is 35.1 Å². The average Bonchev–Trinajstić information content (AvgIpc) is 3.15. The summed E-state index contributed by atoms with van der Waals surface area (Å²) in [5.41, 5.74) is -2.08. The van der Waals surface area contributed by atoms with Crippen LogP contribution in [0.3, 0.4) is 0 Å². The number of nitrogens with zero attached hydrogens (tertiary/aromatic N) is 2. The Morgan fingerprint density at radius 2 is 1.94 bits per heavy atom. The number of carbonyl (C=O) groups excluding carboxylic acids is 3. The van der Waals surface area contributed by atoms with Crippen molar-refractivity contribution in [2.45, 2.75) is 43.9 Å². The number of cyclic esters (lactones) is 1. The van der Waals surface area contributed by atoms with E-state index in [-0.39, 0.29) is 38.1 Å². The molecule has 4 aliphatic rings. The molecule has 0 radical (unpaired) electrons. The monoisotopic (exact) mass is 500 g/mol. The van der Waals surface area contributed by atoms with Crippen LogP contribution >= 0.6 is 11.6 Å². The van der Waals surface area contributed by atoms with Gasteiger partial charge in [-0.25, -0.2) is 0 Å². The third-order valence-electron chi connectivity index (χ3n) is 7.70. The summed E-state index contributed by atoms with van der Waals surface area (Å²) in [5.74, 6) is -2.04. The molecular formula is C26H29ClN2O6. The third-order valence-corrected chi connectivity index (χ3v) is 7.96. The van der Waals surface area contributed by atoms with E-state index in [9.17, 15) is 19.5 Å². The van der Waals surface area contributed by atoms with Crippen LogP contribution in [0.5, 0.6) is 0 Å². The van der Waals surface area contributed by atoms with E-state index in [1.54, 1.807) is 42.2 Å². The Morgan fingerprint density at radius 3 is 2.69 bits per heavy atom. The zero-order valence-electron chi connectivity index (χ0n) is 19.6. The fraction of sp³-hybridized carbons (Fsp3) is 0.500. The summed E-state index contributed by atoms with van der Waals surface area (Å²) in [6, 6.07) is 5.93. The van der Waals surface area contributed by atoms with Gasteiger partial charge in [0.25, 0.3) is 5.91 Å². The van der Waals surface area contributed by atoms with E-state index in [0.29, 0.717) is 23.6 Å². The zero-order chi connectivity index (χ0) is 24.8. The smallest absolute Gasteiger partial charge is 0.313 e. The number of fused-ring (bicyclic) bond motifs is 2. The number of aliphatic hydroxyl groups is 1. The predicted molar refractivity (Wildman–Crippen MR) is 129 cm³/mol. The zero-order valence-corrected chi connectivity index (χ0v) is 20.3. The van der Waals surface area contributed by atoms with Crippen LogP contribution in [-0.4, -0.2) is 71.8 Å². The molecule has 2 amide bonds. The average molecular weight is 501 g/mol. The third kappa shape index (κ3) is 3.53. The highest BCUT2D eigenvalue weighted by Gasteiger charge is 2.78. The van der Waals surface area contributed by atoms with Crippen LogP contribution < -0.4 is 4.90 Å². The molecule has 1 aromatic carbocycles. The van der Waals surface area contributed by atoms with Gasteiger partial charge in [-0.1, -0.05) is 35.9 Å². The minimum atomic E-state index is -1.37. The molecule has 5 atom stereocenters. The fourth-order valence-corrected chi connectivity index (χ4v) is 6.14. The first-order valence-electron chi connectivity index (χ1n) is 12.0. The molecule has 8 nitrogen and oxygen atoms in total. The van der Waals surface area contributed by atoms with Crippen molar-refractivity contribution in [3.05, 3.63) is 53.6 Å². The number of carbonyl (C=O) groups is 3. The summed E-state index contributed by atoms with van der Waals surface area (Å²) in [4.78, 5) is 44.7. The molecule has 1 aromatic rings. The summed E-state index contributed by atoms with van der Waals surface area (Å²) < 4.78 is 12.2. The summed E-state index contributed by atoms with van der Waals surface area (Å²) in [6.45, 7) is 2.28. The molecule has 2 saturated heterocycles.